The summed E-state index contributed by atoms with van der Waals surface area (Å²) in [6, 6.07) is 14.1. The summed E-state index contributed by atoms with van der Waals surface area (Å²) in [6.07, 6.45) is 0.842. The predicted octanol–water partition coefficient (Wildman–Crippen LogP) is 4.21. The van der Waals surface area contributed by atoms with Crippen LogP contribution in [0.15, 0.2) is 53.0 Å². The molecule has 0 aromatic heterocycles. The van der Waals surface area contributed by atoms with Gasteiger partial charge in [0, 0.05) is 21.6 Å². The molecule has 2 aromatic carbocycles. The molecular formula is C18H18BrNO2. The summed E-state index contributed by atoms with van der Waals surface area (Å²) in [5.41, 5.74) is 1.40. The second kappa shape index (κ2) is 7.36. The summed E-state index contributed by atoms with van der Waals surface area (Å²) in [4.78, 5) is 25.0. The van der Waals surface area contributed by atoms with Crippen LogP contribution in [0.1, 0.15) is 46.5 Å². The molecule has 3 nitrogen and oxygen atoms in total. The van der Waals surface area contributed by atoms with E-state index in [9.17, 15) is 9.59 Å². The highest BCUT2D eigenvalue weighted by Gasteiger charge is 2.18. The van der Waals surface area contributed by atoms with Crippen LogP contribution in [0.5, 0.6) is 0 Å². The Morgan fingerprint density at radius 3 is 2.23 bits per heavy atom. The van der Waals surface area contributed by atoms with E-state index in [2.05, 4.69) is 21.2 Å². The summed E-state index contributed by atoms with van der Waals surface area (Å²) in [5, 5.41) is 2.90. The molecule has 2 rings (SSSR count). The van der Waals surface area contributed by atoms with E-state index in [1.54, 1.807) is 36.4 Å². The van der Waals surface area contributed by atoms with Crippen LogP contribution in [0.4, 0.5) is 0 Å². The van der Waals surface area contributed by atoms with Crippen molar-refractivity contribution in [3.05, 3.63) is 69.7 Å². The van der Waals surface area contributed by atoms with Gasteiger partial charge in [0.2, 0.25) is 0 Å². The van der Waals surface area contributed by atoms with Crippen LogP contribution in [0.3, 0.4) is 0 Å². The Morgan fingerprint density at radius 2 is 1.64 bits per heavy atom. The van der Waals surface area contributed by atoms with Crippen molar-refractivity contribution in [2.45, 2.75) is 26.3 Å². The van der Waals surface area contributed by atoms with Crippen LogP contribution in [0.25, 0.3) is 0 Å². The van der Waals surface area contributed by atoms with E-state index >= 15 is 0 Å². The van der Waals surface area contributed by atoms with Gasteiger partial charge in [-0.2, -0.15) is 0 Å². The minimum absolute atomic E-state index is 0.0725. The van der Waals surface area contributed by atoms with Gasteiger partial charge in [0.15, 0.2) is 5.78 Å². The average molecular weight is 360 g/mol. The van der Waals surface area contributed by atoms with E-state index in [1.807, 2.05) is 26.0 Å². The van der Waals surface area contributed by atoms with Gasteiger partial charge < -0.3 is 5.32 Å². The van der Waals surface area contributed by atoms with Crippen molar-refractivity contribution >= 4 is 27.6 Å². The number of nitrogens with one attached hydrogen (secondary N) is 1. The molecule has 1 atom stereocenters. The highest BCUT2D eigenvalue weighted by Crippen LogP contribution is 2.17. The number of carbonyl (C=O) groups is 2. The molecule has 0 spiro atoms. The van der Waals surface area contributed by atoms with Crippen molar-refractivity contribution in [2.24, 2.45) is 0 Å². The fourth-order valence-corrected chi connectivity index (χ4v) is 2.30. The zero-order valence-electron chi connectivity index (χ0n) is 12.6. The third kappa shape index (κ3) is 3.83. The fourth-order valence-electron chi connectivity index (χ4n) is 2.04. The second-order valence-electron chi connectivity index (χ2n) is 5.16. The van der Waals surface area contributed by atoms with Crippen molar-refractivity contribution in [1.82, 2.24) is 5.32 Å². The van der Waals surface area contributed by atoms with E-state index in [-0.39, 0.29) is 17.7 Å². The standard InChI is InChI=1S/C18H18BrNO2/c1-3-12(2)20-18(22)16-7-5-4-6-15(16)17(21)13-8-10-14(19)11-9-13/h4-12H,3H2,1-2H3,(H,20,22). The zero-order chi connectivity index (χ0) is 16.1. The minimum atomic E-state index is -0.213. The smallest absolute Gasteiger partial charge is 0.252 e. The normalized spacial score (nSPS) is 11.8. The van der Waals surface area contributed by atoms with Crippen molar-refractivity contribution < 1.29 is 9.59 Å². The molecule has 0 bridgehead atoms. The highest BCUT2D eigenvalue weighted by atomic mass is 79.9. The molecule has 0 heterocycles. The van der Waals surface area contributed by atoms with Crippen molar-refractivity contribution in [1.29, 1.82) is 0 Å². The summed E-state index contributed by atoms with van der Waals surface area (Å²) in [7, 11) is 0. The van der Waals surface area contributed by atoms with Crippen LogP contribution >= 0.6 is 15.9 Å². The Kier molecular flexibility index (Phi) is 5.50. The summed E-state index contributed by atoms with van der Waals surface area (Å²) in [5.74, 6) is -0.363. The van der Waals surface area contributed by atoms with E-state index in [0.29, 0.717) is 16.7 Å². The van der Waals surface area contributed by atoms with Gasteiger partial charge >= 0.3 is 0 Å². The Balaban J connectivity index is 2.33. The molecule has 2 aromatic rings. The van der Waals surface area contributed by atoms with Crippen LogP contribution in [0.2, 0.25) is 0 Å². The topological polar surface area (TPSA) is 46.2 Å². The van der Waals surface area contributed by atoms with Gasteiger partial charge in [-0.15, -0.1) is 0 Å². The highest BCUT2D eigenvalue weighted by molar-refractivity contribution is 9.10. The number of benzene rings is 2. The lowest BCUT2D eigenvalue weighted by Gasteiger charge is -2.13. The number of ketones is 1. The lowest BCUT2D eigenvalue weighted by atomic mass is 9.97. The van der Waals surface area contributed by atoms with E-state index in [1.165, 1.54) is 0 Å². The first-order valence-corrected chi connectivity index (χ1v) is 8.02. The van der Waals surface area contributed by atoms with Gasteiger partial charge in [-0.25, -0.2) is 0 Å². The van der Waals surface area contributed by atoms with Gasteiger partial charge in [0.05, 0.1) is 5.56 Å². The molecule has 1 unspecified atom stereocenters. The molecule has 0 aliphatic rings. The number of hydrogen-bond acceptors (Lipinski definition) is 2. The van der Waals surface area contributed by atoms with Gasteiger partial charge in [0.1, 0.15) is 0 Å². The third-order valence-electron chi connectivity index (χ3n) is 3.51. The van der Waals surface area contributed by atoms with Crippen molar-refractivity contribution in [3.8, 4) is 0 Å². The summed E-state index contributed by atoms with van der Waals surface area (Å²) < 4.78 is 0.909. The van der Waals surface area contributed by atoms with Crippen LogP contribution < -0.4 is 5.32 Å². The molecule has 114 valence electrons. The van der Waals surface area contributed by atoms with Crippen LogP contribution in [-0.2, 0) is 0 Å². The molecule has 1 N–H and O–H groups in total. The van der Waals surface area contributed by atoms with Crippen LogP contribution in [0, 0.1) is 0 Å². The Bertz CT molecular complexity index is 680. The molecule has 4 heteroatoms. The molecule has 0 aliphatic carbocycles. The van der Waals surface area contributed by atoms with E-state index in [0.717, 1.165) is 10.9 Å². The lowest BCUT2D eigenvalue weighted by molar-refractivity contribution is 0.0929. The number of amides is 1. The quantitative estimate of drug-likeness (QED) is 0.812. The van der Waals surface area contributed by atoms with Gasteiger partial charge in [-0.05, 0) is 43.7 Å². The minimum Gasteiger partial charge on any atom is -0.350 e. The Labute approximate surface area is 138 Å². The molecule has 22 heavy (non-hydrogen) atoms. The molecule has 0 aliphatic heterocycles. The third-order valence-corrected chi connectivity index (χ3v) is 4.04. The van der Waals surface area contributed by atoms with Crippen molar-refractivity contribution in [2.75, 3.05) is 0 Å². The average Bonchev–Trinajstić information content (AvgIpc) is 2.54. The van der Waals surface area contributed by atoms with Crippen molar-refractivity contribution in [3.63, 3.8) is 0 Å². The molecule has 0 fully saturated rings. The molecule has 1 amide bonds. The summed E-state index contributed by atoms with van der Waals surface area (Å²) in [6.45, 7) is 3.95. The maximum absolute atomic E-state index is 12.6. The summed E-state index contributed by atoms with van der Waals surface area (Å²) >= 11 is 3.35. The number of halogens is 1. The fraction of sp³-hybridized carbons (Fsp3) is 0.222. The van der Waals surface area contributed by atoms with Crippen LogP contribution in [-0.4, -0.2) is 17.7 Å². The number of rotatable bonds is 5. The lowest BCUT2D eigenvalue weighted by Crippen LogP contribution is -2.33. The molecule has 0 saturated heterocycles. The monoisotopic (exact) mass is 359 g/mol. The largest absolute Gasteiger partial charge is 0.350 e. The first-order chi connectivity index (χ1) is 10.5. The number of carbonyl (C=O) groups excluding carboxylic acids is 2. The maximum atomic E-state index is 12.6. The Morgan fingerprint density at radius 1 is 1.05 bits per heavy atom. The molecule has 0 saturated carbocycles. The predicted molar refractivity (Wildman–Crippen MR) is 91.2 cm³/mol. The molecule has 0 radical (unpaired) electrons. The van der Waals surface area contributed by atoms with Gasteiger partial charge in [-0.3, -0.25) is 9.59 Å². The van der Waals surface area contributed by atoms with Gasteiger partial charge in [0.25, 0.3) is 5.91 Å². The first kappa shape index (κ1) is 16.4. The second-order valence-corrected chi connectivity index (χ2v) is 6.08. The Hall–Kier alpha value is -1.94. The van der Waals surface area contributed by atoms with E-state index < -0.39 is 0 Å². The maximum Gasteiger partial charge on any atom is 0.252 e. The first-order valence-electron chi connectivity index (χ1n) is 7.23. The van der Waals surface area contributed by atoms with E-state index in [4.69, 9.17) is 0 Å². The number of hydrogen-bond donors (Lipinski definition) is 1. The SMILES string of the molecule is CCC(C)NC(=O)c1ccccc1C(=O)c1ccc(Br)cc1. The zero-order valence-corrected chi connectivity index (χ0v) is 14.2. The molecular weight excluding hydrogens is 342 g/mol. The van der Waals surface area contributed by atoms with Gasteiger partial charge in [-0.1, -0.05) is 41.1 Å².